The molecule has 8 heteroatoms. The Balaban J connectivity index is 2.34. The maximum atomic E-state index is 13.2. The Bertz CT molecular complexity index is 839. The number of benzene rings is 2. The highest BCUT2D eigenvalue weighted by atomic mass is 79.9. The van der Waals surface area contributed by atoms with Gasteiger partial charge in [0.15, 0.2) is 0 Å². The number of carbonyl (C=O) groups excluding carboxylic acids is 1. The molecule has 0 aromatic heterocycles. The van der Waals surface area contributed by atoms with Crippen LogP contribution in [0.4, 0.5) is 15.8 Å². The van der Waals surface area contributed by atoms with Crippen molar-refractivity contribution < 1.29 is 17.6 Å². The molecule has 1 N–H and O–H groups in total. The van der Waals surface area contributed by atoms with Crippen LogP contribution in [0.1, 0.15) is 13.3 Å². The van der Waals surface area contributed by atoms with Gasteiger partial charge in [0.1, 0.15) is 11.9 Å². The third-order valence-electron chi connectivity index (χ3n) is 3.52. The van der Waals surface area contributed by atoms with Crippen LogP contribution in [0.5, 0.6) is 0 Å². The van der Waals surface area contributed by atoms with Crippen molar-refractivity contribution in [2.75, 3.05) is 15.9 Å². The Morgan fingerprint density at radius 1 is 1.16 bits per heavy atom. The van der Waals surface area contributed by atoms with Gasteiger partial charge >= 0.3 is 0 Å². The fourth-order valence-electron chi connectivity index (χ4n) is 2.41. The second-order valence-electron chi connectivity index (χ2n) is 5.46. The molecule has 0 aliphatic rings. The van der Waals surface area contributed by atoms with Gasteiger partial charge in [-0.2, -0.15) is 0 Å². The van der Waals surface area contributed by atoms with Crippen LogP contribution >= 0.6 is 15.9 Å². The Hall–Kier alpha value is -1.93. The molecule has 2 rings (SSSR count). The number of nitrogens with one attached hydrogen (secondary N) is 1. The Morgan fingerprint density at radius 2 is 1.72 bits per heavy atom. The molecule has 134 valence electrons. The SMILES string of the molecule is CC[C@H](C(=O)Nc1ccc(Br)cc1)N(c1ccc(F)cc1)S(C)(=O)=O. The molecule has 0 saturated carbocycles. The number of hydrogen-bond donors (Lipinski definition) is 1. The molecular weight excluding hydrogens is 411 g/mol. The van der Waals surface area contributed by atoms with Crippen LogP contribution in [-0.2, 0) is 14.8 Å². The predicted octanol–water partition coefficient (Wildman–Crippen LogP) is 3.77. The number of nitrogens with zero attached hydrogens (tertiary/aromatic N) is 1. The van der Waals surface area contributed by atoms with Gasteiger partial charge in [0.2, 0.25) is 15.9 Å². The molecule has 0 fully saturated rings. The van der Waals surface area contributed by atoms with Crippen LogP contribution < -0.4 is 9.62 Å². The van der Waals surface area contributed by atoms with Gasteiger partial charge in [0.05, 0.1) is 11.9 Å². The number of hydrogen-bond acceptors (Lipinski definition) is 3. The minimum Gasteiger partial charge on any atom is -0.324 e. The van der Waals surface area contributed by atoms with Crippen molar-refractivity contribution in [2.45, 2.75) is 19.4 Å². The second kappa shape index (κ2) is 7.97. The van der Waals surface area contributed by atoms with E-state index in [1.54, 1.807) is 31.2 Å². The van der Waals surface area contributed by atoms with E-state index in [0.29, 0.717) is 5.69 Å². The minimum absolute atomic E-state index is 0.238. The maximum absolute atomic E-state index is 13.2. The highest BCUT2D eigenvalue weighted by molar-refractivity contribution is 9.10. The lowest BCUT2D eigenvalue weighted by Gasteiger charge is -2.30. The van der Waals surface area contributed by atoms with E-state index in [1.165, 1.54) is 12.1 Å². The zero-order chi connectivity index (χ0) is 18.6. The van der Waals surface area contributed by atoms with Gasteiger partial charge in [-0.1, -0.05) is 22.9 Å². The van der Waals surface area contributed by atoms with Crippen molar-refractivity contribution in [1.82, 2.24) is 0 Å². The van der Waals surface area contributed by atoms with Gasteiger partial charge < -0.3 is 5.32 Å². The summed E-state index contributed by atoms with van der Waals surface area (Å²) >= 11 is 3.31. The summed E-state index contributed by atoms with van der Waals surface area (Å²) in [6, 6.07) is 11.0. The fraction of sp³-hybridized carbons (Fsp3) is 0.235. The van der Waals surface area contributed by atoms with Crippen molar-refractivity contribution in [3.63, 3.8) is 0 Å². The van der Waals surface area contributed by atoms with Crippen molar-refractivity contribution >= 4 is 43.2 Å². The largest absolute Gasteiger partial charge is 0.324 e. The first kappa shape index (κ1) is 19.4. The lowest BCUT2D eigenvalue weighted by atomic mass is 10.2. The zero-order valence-electron chi connectivity index (χ0n) is 13.7. The van der Waals surface area contributed by atoms with Crippen molar-refractivity contribution in [3.05, 3.63) is 58.8 Å². The molecule has 1 amide bonds. The quantitative estimate of drug-likeness (QED) is 0.761. The molecule has 0 aliphatic carbocycles. The van der Waals surface area contributed by atoms with E-state index in [2.05, 4.69) is 21.2 Å². The van der Waals surface area contributed by atoms with Crippen LogP contribution in [0.15, 0.2) is 53.0 Å². The van der Waals surface area contributed by atoms with Crippen LogP contribution in [0, 0.1) is 5.82 Å². The first-order valence-corrected chi connectivity index (χ1v) is 10.2. The third-order valence-corrected chi connectivity index (χ3v) is 5.23. The summed E-state index contributed by atoms with van der Waals surface area (Å²) in [6.07, 6.45) is 1.28. The van der Waals surface area contributed by atoms with E-state index in [9.17, 15) is 17.6 Å². The first-order chi connectivity index (χ1) is 11.7. The monoisotopic (exact) mass is 428 g/mol. The summed E-state index contributed by atoms with van der Waals surface area (Å²) in [5.41, 5.74) is 0.793. The standard InChI is InChI=1S/C17H18BrFN2O3S/c1-3-16(17(22)20-14-8-4-12(18)5-9-14)21(25(2,23)24)15-10-6-13(19)7-11-15/h4-11,16H,3H2,1-2H3,(H,20,22)/t16-/m1/s1. The molecule has 0 bridgehead atoms. The molecule has 1 atom stereocenters. The molecular formula is C17H18BrFN2O3S. The molecule has 0 aliphatic heterocycles. The van der Waals surface area contributed by atoms with Gasteiger partial charge in [-0.15, -0.1) is 0 Å². The number of rotatable bonds is 6. The van der Waals surface area contributed by atoms with Crippen LogP contribution in [0.25, 0.3) is 0 Å². The fourth-order valence-corrected chi connectivity index (χ4v) is 3.88. The highest BCUT2D eigenvalue weighted by Crippen LogP contribution is 2.24. The van der Waals surface area contributed by atoms with Gasteiger partial charge in [-0.3, -0.25) is 9.10 Å². The highest BCUT2D eigenvalue weighted by Gasteiger charge is 2.31. The molecule has 25 heavy (non-hydrogen) atoms. The van der Waals surface area contributed by atoms with E-state index in [1.807, 2.05) is 0 Å². The number of amides is 1. The number of carbonyl (C=O) groups is 1. The summed E-state index contributed by atoms with van der Waals surface area (Å²) in [5, 5.41) is 2.71. The topological polar surface area (TPSA) is 66.5 Å². The van der Waals surface area contributed by atoms with E-state index >= 15 is 0 Å². The van der Waals surface area contributed by atoms with E-state index < -0.39 is 27.8 Å². The van der Waals surface area contributed by atoms with Crippen LogP contribution in [0.2, 0.25) is 0 Å². The first-order valence-electron chi connectivity index (χ1n) is 7.53. The summed E-state index contributed by atoms with van der Waals surface area (Å²) < 4.78 is 39.6. The van der Waals surface area contributed by atoms with Crippen molar-refractivity contribution in [2.24, 2.45) is 0 Å². The van der Waals surface area contributed by atoms with Crippen LogP contribution in [-0.4, -0.2) is 26.6 Å². The summed E-state index contributed by atoms with van der Waals surface area (Å²) in [5.74, 6) is -0.941. The molecule has 0 heterocycles. The number of anilines is 2. The van der Waals surface area contributed by atoms with Crippen molar-refractivity contribution in [1.29, 1.82) is 0 Å². The van der Waals surface area contributed by atoms with E-state index in [-0.39, 0.29) is 12.1 Å². The summed E-state index contributed by atoms with van der Waals surface area (Å²) in [6.45, 7) is 1.72. The lowest BCUT2D eigenvalue weighted by molar-refractivity contribution is -0.117. The number of sulfonamides is 1. The number of halogens is 2. The third kappa shape index (κ3) is 5.02. The zero-order valence-corrected chi connectivity index (χ0v) is 16.1. The molecule has 0 radical (unpaired) electrons. The predicted molar refractivity (Wildman–Crippen MR) is 101 cm³/mol. The molecule has 2 aromatic rings. The summed E-state index contributed by atoms with van der Waals surface area (Å²) in [7, 11) is -3.74. The smallest absolute Gasteiger partial charge is 0.248 e. The van der Waals surface area contributed by atoms with E-state index in [0.717, 1.165) is 27.2 Å². The molecule has 0 unspecified atom stereocenters. The van der Waals surface area contributed by atoms with Crippen LogP contribution in [0.3, 0.4) is 0 Å². The van der Waals surface area contributed by atoms with Crippen molar-refractivity contribution in [3.8, 4) is 0 Å². The molecule has 2 aromatic carbocycles. The average molecular weight is 429 g/mol. The molecule has 0 saturated heterocycles. The van der Waals surface area contributed by atoms with Gasteiger partial charge in [0, 0.05) is 10.2 Å². The second-order valence-corrected chi connectivity index (χ2v) is 8.23. The summed E-state index contributed by atoms with van der Waals surface area (Å²) in [4.78, 5) is 12.7. The van der Waals surface area contributed by atoms with Gasteiger partial charge in [0.25, 0.3) is 0 Å². The Kier molecular flexibility index (Phi) is 6.18. The maximum Gasteiger partial charge on any atom is 0.248 e. The normalized spacial score (nSPS) is 12.5. The molecule has 5 nitrogen and oxygen atoms in total. The minimum atomic E-state index is -3.74. The van der Waals surface area contributed by atoms with E-state index in [4.69, 9.17) is 0 Å². The van der Waals surface area contributed by atoms with Gasteiger partial charge in [-0.05, 0) is 55.0 Å². The average Bonchev–Trinajstić information content (AvgIpc) is 2.54. The molecule has 0 spiro atoms. The van der Waals surface area contributed by atoms with Gasteiger partial charge in [-0.25, -0.2) is 12.8 Å². The lowest BCUT2D eigenvalue weighted by Crippen LogP contribution is -2.47. The Morgan fingerprint density at radius 3 is 2.20 bits per heavy atom. The Labute approximate surface area is 155 Å².